The van der Waals surface area contributed by atoms with E-state index in [1.54, 1.807) is 36.4 Å². The van der Waals surface area contributed by atoms with Gasteiger partial charge in [0.2, 0.25) is 0 Å². The Kier molecular flexibility index (Phi) is 6.64. The Morgan fingerprint density at radius 3 is 1.89 bits per heavy atom. The van der Waals surface area contributed by atoms with Crippen LogP contribution in [0, 0.1) is 0 Å². The Morgan fingerprint density at radius 1 is 0.778 bits per heavy atom. The van der Waals surface area contributed by atoms with Crippen molar-refractivity contribution in [1.29, 1.82) is 0 Å². The van der Waals surface area contributed by atoms with Crippen molar-refractivity contribution in [3.8, 4) is 11.1 Å². The summed E-state index contributed by atoms with van der Waals surface area (Å²) in [5.74, 6) is 0. The lowest BCUT2D eigenvalue weighted by molar-refractivity contribution is 1.60. The smallest absolute Gasteiger partial charge is 0.0426 e. The fraction of sp³-hybridized carbons (Fsp3) is 0. The molecule has 0 aromatic heterocycles. The second kappa shape index (κ2) is 6.95. The van der Waals surface area contributed by atoms with Crippen LogP contribution >= 0.6 is 48.0 Å². The topological polar surface area (TPSA) is 52.0 Å². The van der Waals surface area contributed by atoms with Crippen molar-refractivity contribution in [3.63, 3.8) is 0 Å². The molecule has 6 heteroatoms. The fourth-order valence-corrected chi connectivity index (χ4v) is 2.06. The average Bonchev–Trinajstić information content (AvgIpc) is 2.20. The SMILES string of the molecule is Cl.Cl.Nc1ccc(N)c(-c2cc(Cl)cc(Cl)c2)c1. The van der Waals surface area contributed by atoms with Gasteiger partial charge in [-0.3, -0.25) is 0 Å². The second-order valence-electron chi connectivity index (χ2n) is 3.50. The molecule has 0 amide bonds. The molecule has 4 N–H and O–H groups in total. The summed E-state index contributed by atoms with van der Waals surface area (Å²) in [7, 11) is 0. The Bertz CT molecular complexity index is 523. The molecular weight excluding hydrogens is 314 g/mol. The zero-order valence-electron chi connectivity index (χ0n) is 9.19. The predicted molar refractivity (Wildman–Crippen MR) is 85.2 cm³/mol. The molecule has 0 saturated carbocycles. The number of nitrogen functional groups attached to an aromatic ring is 2. The van der Waals surface area contributed by atoms with Crippen LogP contribution in [-0.4, -0.2) is 0 Å². The monoisotopic (exact) mass is 324 g/mol. The molecule has 2 aromatic rings. The number of hydrogen-bond acceptors (Lipinski definition) is 2. The van der Waals surface area contributed by atoms with Gasteiger partial charge in [0.1, 0.15) is 0 Å². The molecule has 2 nitrogen and oxygen atoms in total. The van der Waals surface area contributed by atoms with E-state index in [1.807, 2.05) is 0 Å². The Morgan fingerprint density at radius 2 is 1.33 bits per heavy atom. The van der Waals surface area contributed by atoms with Gasteiger partial charge in [-0.15, -0.1) is 24.8 Å². The number of hydrogen-bond donors (Lipinski definition) is 2. The lowest BCUT2D eigenvalue weighted by Gasteiger charge is -2.08. The summed E-state index contributed by atoms with van der Waals surface area (Å²) in [6.07, 6.45) is 0. The highest BCUT2D eigenvalue weighted by Gasteiger charge is 2.05. The molecule has 0 saturated heterocycles. The van der Waals surface area contributed by atoms with Gasteiger partial charge in [0.05, 0.1) is 0 Å². The van der Waals surface area contributed by atoms with E-state index in [4.69, 9.17) is 34.7 Å². The third kappa shape index (κ3) is 3.85. The summed E-state index contributed by atoms with van der Waals surface area (Å²) in [6, 6.07) is 10.6. The molecule has 0 aliphatic rings. The normalized spacial score (nSPS) is 9.22. The predicted octanol–water partition coefficient (Wildman–Crippen LogP) is 4.67. The first-order valence-electron chi connectivity index (χ1n) is 4.68. The molecule has 0 atom stereocenters. The number of anilines is 2. The van der Waals surface area contributed by atoms with Crippen molar-refractivity contribution in [1.82, 2.24) is 0 Å². The van der Waals surface area contributed by atoms with Gasteiger partial charge in [0.15, 0.2) is 0 Å². The van der Waals surface area contributed by atoms with E-state index in [-0.39, 0.29) is 24.8 Å². The van der Waals surface area contributed by atoms with Crippen molar-refractivity contribution in [3.05, 3.63) is 46.4 Å². The Labute approximate surface area is 128 Å². The van der Waals surface area contributed by atoms with Crippen LogP contribution in [0.3, 0.4) is 0 Å². The maximum atomic E-state index is 5.94. The summed E-state index contributed by atoms with van der Waals surface area (Å²) >= 11 is 11.9. The van der Waals surface area contributed by atoms with E-state index in [0.717, 1.165) is 11.1 Å². The van der Waals surface area contributed by atoms with Crippen LogP contribution in [-0.2, 0) is 0 Å². The number of rotatable bonds is 1. The van der Waals surface area contributed by atoms with Crippen molar-refractivity contribution in [2.45, 2.75) is 0 Å². The van der Waals surface area contributed by atoms with Gasteiger partial charge in [-0.05, 0) is 42.0 Å². The fourth-order valence-electron chi connectivity index (χ4n) is 1.53. The summed E-state index contributed by atoms with van der Waals surface area (Å²) in [5, 5.41) is 1.15. The van der Waals surface area contributed by atoms with E-state index in [2.05, 4.69) is 0 Å². The molecular formula is C12H12Cl4N2. The first-order chi connectivity index (χ1) is 7.56. The molecule has 98 valence electrons. The van der Waals surface area contributed by atoms with Gasteiger partial charge in [-0.2, -0.15) is 0 Å². The van der Waals surface area contributed by atoms with Gasteiger partial charge in [0.25, 0.3) is 0 Å². The Balaban J connectivity index is 0.00000144. The molecule has 18 heavy (non-hydrogen) atoms. The lowest BCUT2D eigenvalue weighted by Crippen LogP contribution is -1.93. The summed E-state index contributed by atoms with van der Waals surface area (Å²) < 4.78 is 0. The molecule has 0 aliphatic carbocycles. The van der Waals surface area contributed by atoms with Gasteiger partial charge in [-0.25, -0.2) is 0 Å². The summed E-state index contributed by atoms with van der Waals surface area (Å²) in [4.78, 5) is 0. The van der Waals surface area contributed by atoms with Crippen LogP contribution in [0.4, 0.5) is 11.4 Å². The minimum atomic E-state index is 0. The minimum Gasteiger partial charge on any atom is -0.399 e. The quantitative estimate of drug-likeness (QED) is 0.749. The zero-order valence-corrected chi connectivity index (χ0v) is 12.3. The molecule has 0 spiro atoms. The van der Waals surface area contributed by atoms with Crippen molar-refractivity contribution >= 4 is 59.4 Å². The first kappa shape index (κ1) is 17.2. The maximum absolute atomic E-state index is 5.94. The van der Waals surface area contributed by atoms with Crippen LogP contribution in [0.5, 0.6) is 0 Å². The van der Waals surface area contributed by atoms with Crippen LogP contribution < -0.4 is 11.5 Å². The van der Waals surface area contributed by atoms with Gasteiger partial charge < -0.3 is 11.5 Å². The highest BCUT2D eigenvalue weighted by Crippen LogP contribution is 2.32. The molecule has 0 fully saturated rings. The zero-order chi connectivity index (χ0) is 11.7. The van der Waals surface area contributed by atoms with E-state index >= 15 is 0 Å². The molecule has 0 heterocycles. The molecule has 2 aromatic carbocycles. The van der Waals surface area contributed by atoms with Gasteiger partial charge >= 0.3 is 0 Å². The molecule has 2 rings (SSSR count). The van der Waals surface area contributed by atoms with E-state index < -0.39 is 0 Å². The van der Waals surface area contributed by atoms with Crippen LogP contribution in [0.15, 0.2) is 36.4 Å². The van der Waals surface area contributed by atoms with E-state index in [1.165, 1.54) is 0 Å². The number of halogens is 4. The van der Waals surface area contributed by atoms with E-state index in [0.29, 0.717) is 21.4 Å². The molecule has 0 radical (unpaired) electrons. The lowest BCUT2D eigenvalue weighted by atomic mass is 10.0. The van der Waals surface area contributed by atoms with Crippen LogP contribution in [0.2, 0.25) is 10.0 Å². The van der Waals surface area contributed by atoms with Crippen molar-refractivity contribution in [2.75, 3.05) is 11.5 Å². The standard InChI is InChI=1S/C12H10Cl2N2.2ClH/c13-8-3-7(4-9(14)5-8)11-6-10(15)1-2-12(11)16;;/h1-6H,15-16H2;2*1H. The van der Waals surface area contributed by atoms with Gasteiger partial charge in [-0.1, -0.05) is 23.2 Å². The highest BCUT2D eigenvalue weighted by molar-refractivity contribution is 6.35. The summed E-state index contributed by atoms with van der Waals surface area (Å²) in [5.41, 5.74) is 14.6. The molecule has 0 unspecified atom stereocenters. The summed E-state index contributed by atoms with van der Waals surface area (Å²) in [6.45, 7) is 0. The van der Waals surface area contributed by atoms with Crippen LogP contribution in [0.25, 0.3) is 11.1 Å². The highest BCUT2D eigenvalue weighted by atomic mass is 35.5. The average molecular weight is 326 g/mol. The third-order valence-electron chi connectivity index (χ3n) is 2.25. The Hall–Kier alpha value is -0.800. The largest absolute Gasteiger partial charge is 0.399 e. The number of benzene rings is 2. The van der Waals surface area contributed by atoms with Crippen molar-refractivity contribution < 1.29 is 0 Å². The third-order valence-corrected chi connectivity index (χ3v) is 2.69. The van der Waals surface area contributed by atoms with Gasteiger partial charge in [0, 0.05) is 27.0 Å². The van der Waals surface area contributed by atoms with Crippen LogP contribution in [0.1, 0.15) is 0 Å². The second-order valence-corrected chi connectivity index (χ2v) is 4.38. The number of nitrogens with two attached hydrogens (primary N) is 2. The first-order valence-corrected chi connectivity index (χ1v) is 5.43. The molecule has 0 bridgehead atoms. The molecule has 0 aliphatic heterocycles. The maximum Gasteiger partial charge on any atom is 0.0426 e. The van der Waals surface area contributed by atoms with E-state index in [9.17, 15) is 0 Å². The minimum absolute atomic E-state index is 0. The van der Waals surface area contributed by atoms with Crippen molar-refractivity contribution in [2.24, 2.45) is 0 Å².